The second kappa shape index (κ2) is 7.06. The molecule has 1 aromatic carbocycles. The van der Waals surface area contributed by atoms with Gasteiger partial charge < -0.3 is 9.72 Å². The van der Waals surface area contributed by atoms with E-state index in [2.05, 4.69) is 30.6 Å². The number of aromatic amines is 1. The Hall–Kier alpha value is -1.38. The molecule has 0 saturated carbocycles. The summed E-state index contributed by atoms with van der Waals surface area (Å²) in [5.74, 6) is 1.44. The minimum Gasteiger partial charge on any atom is -0.496 e. The first-order valence-electron chi connectivity index (χ1n) is 6.34. The van der Waals surface area contributed by atoms with Gasteiger partial charge in [0, 0.05) is 25.4 Å². The van der Waals surface area contributed by atoms with E-state index in [1.807, 2.05) is 0 Å². The summed E-state index contributed by atoms with van der Waals surface area (Å²) in [5, 5.41) is 0. The summed E-state index contributed by atoms with van der Waals surface area (Å²) in [4.78, 5) is 7.27. The second-order valence-corrected chi connectivity index (χ2v) is 6.95. The molecule has 0 aliphatic rings. The third-order valence-electron chi connectivity index (χ3n) is 2.87. The van der Waals surface area contributed by atoms with E-state index in [1.54, 1.807) is 18.5 Å². The van der Waals surface area contributed by atoms with Gasteiger partial charge in [-0.15, -0.1) is 0 Å². The number of methoxy groups -OCH3 is 1. The maximum absolute atomic E-state index is 12.1. The number of hydrogen-bond donors (Lipinski definition) is 2. The van der Waals surface area contributed by atoms with Crippen LogP contribution in [0.1, 0.15) is 12.2 Å². The van der Waals surface area contributed by atoms with Gasteiger partial charge in [0.15, 0.2) is 0 Å². The highest BCUT2D eigenvalue weighted by atomic mass is 79.9. The van der Waals surface area contributed by atoms with Crippen molar-refractivity contribution in [1.29, 1.82) is 0 Å². The zero-order chi connectivity index (χ0) is 15.3. The lowest BCUT2D eigenvalue weighted by atomic mass is 10.3. The molecule has 0 unspecified atom stereocenters. The highest BCUT2D eigenvalue weighted by Gasteiger charge is 2.15. The summed E-state index contributed by atoms with van der Waals surface area (Å²) in [5.41, 5.74) is 0. The maximum Gasteiger partial charge on any atom is 0.240 e. The van der Waals surface area contributed by atoms with E-state index >= 15 is 0 Å². The van der Waals surface area contributed by atoms with E-state index in [1.165, 1.54) is 19.2 Å². The van der Waals surface area contributed by atoms with Crippen LogP contribution in [-0.2, 0) is 16.4 Å². The van der Waals surface area contributed by atoms with Crippen molar-refractivity contribution in [1.82, 2.24) is 14.7 Å². The molecule has 0 amide bonds. The van der Waals surface area contributed by atoms with Gasteiger partial charge in [0.2, 0.25) is 10.0 Å². The normalized spacial score (nSPS) is 11.5. The van der Waals surface area contributed by atoms with E-state index < -0.39 is 10.0 Å². The van der Waals surface area contributed by atoms with Gasteiger partial charge in [-0.05, 0) is 40.5 Å². The highest BCUT2D eigenvalue weighted by molar-refractivity contribution is 9.10. The Morgan fingerprint density at radius 2 is 2.24 bits per heavy atom. The van der Waals surface area contributed by atoms with Crippen molar-refractivity contribution in [3.63, 3.8) is 0 Å². The van der Waals surface area contributed by atoms with Gasteiger partial charge in [-0.1, -0.05) is 0 Å². The number of H-pyrrole nitrogens is 1. The molecule has 8 heteroatoms. The predicted octanol–water partition coefficient (Wildman–Crippen LogP) is 2.09. The molecule has 0 radical (unpaired) electrons. The molecule has 2 N–H and O–H groups in total. The second-order valence-electron chi connectivity index (χ2n) is 4.33. The Bertz CT molecular complexity index is 687. The number of imidazole rings is 1. The van der Waals surface area contributed by atoms with Crippen molar-refractivity contribution < 1.29 is 13.2 Å². The van der Waals surface area contributed by atoms with Crippen LogP contribution in [0, 0.1) is 0 Å². The van der Waals surface area contributed by atoms with Gasteiger partial charge in [-0.2, -0.15) is 0 Å². The van der Waals surface area contributed by atoms with Crippen molar-refractivity contribution in [2.24, 2.45) is 0 Å². The summed E-state index contributed by atoms with van der Waals surface area (Å²) in [7, 11) is -1.99. The lowest BCUT2D eigenvalue weighted by molar-refractivity contribution is 0.411. The lowest BCUT2D eigenvalue weighted by Gasteiger charge is -2.08. The van der Waals surface area contributed by atoms with Crippen LogP contribution in [-0.4, -0.2) is 32.0 Å². The smallest absolute Gasteiger partial charge is 0.240 e. The molecular weight excluding hydrogens is 358 g/mol. The molecule has 0 fully saturated rings. The average Bonchev–Trinajstić information content (AvgIpc) is 2.97. The third-order valence-corrected chi connectivity index (χ3v) is 4.95. The van der Waals surface area contributed by atoms with Crippen LogP contribution in [0.4, 0.5) is 0 Å². The summed E-state index contributed by atoms with van der Waals surface area (Å²) < 4.78 is 32.6. The largest absolute Gasteiger partial charge is 0.496 e. The molecule has 114 valence electrons. The molecule has 2 rings (SSSR count). The summed E-state index contributed by atoms with van der Waals surface area (Å²) in [6.45, 7) is 0.354. The molecule has 6 nitrogen and oxygen atoms in total. The molecule has 2 aromatic rings. The molecular formula is C13H16BrN3O3S. The van der Waals surface area contributed by atoms with Gasteiger partial charge in [-0.3, -0.25) is 0 Å². The number of halogens is 1. The van der Waals surface area contributed by atoms with Crippen molar-refractivity contribution in [3.8, 4) is 5.75 Å². The van der Waals surface area contributed by atoms with Crippen molar-refractivity contribution in [2.45, 2.75) is 17.7 Å². The first-order valence-corrected chi connectivity index (χ1v) is 8.62. The van der Waals surface area contributed by atoms with Crippen LogP contribution in [0.5, 0.6) is 5.75 Å². The Labute approximate surface area is 132 Å². The first-order chi connectivity index (χ1) is 10.0. The molecule has 0 saturated heterocycles. The van der Waals surface area contributed by atoms with Crippen LogP contribution in [0.3, 0.4) is 0 Å². The van der Waals surface area contributed by atoms with Crippen molar-refractivity contribution in [3.05, 3.63) is 40.9 Å². The SMILES string of the molecule is COc1ccc(S(=O)(=O)NCCCc2ncc[nH]2)cc1Br. The number of ether oxygens (including phenoxy) is 1. The van der Waals surface area contributed by atoms with Crippen LogP contribution >= 0.6 is 15.9 Å². The third kappa shape index (κ3) is 4.29. The van der Waals surface area contributed by atoms with Gasteiger partial charge >= 0.3 is 0 Å². The van der Waals surface area contributed by atoms with E-state index in [9.17, 15) is 8.42 Å². The molecule has 0 aliphatic heterocycles. The molecule has 0 spiro atoms. The van der Waals surface area contributed by atoms with Crippen LogP contribution in [0.25, 0.3) is 0 Å². The number of sulfonamides is 1. The van der Waals surface area contributed by atoms with Crippen molar-refractivity contribution >= 4 is 26.0 Å². The zero-order valence-electron chi connectivity index (χ0n) is 11.5. The van der Waals surface area contributed by atoms with E-state index in [0.29, 0.717) is 29.6 Å². The minimum absolute atomic E-state index is 0.202. The van der Waals surface area contributed by atoms with Gasteiger partial charge in [0.25, 0.3) is 0 Å². The monoisotopic (exact) mass is 373 g/mol. The molecule has 1 aromatic heterocycles. The standard InChI is InChI=1S/C13H16BrN3O3S/c1-20-12-5-4-10(9-11(12)14)21(18,19)17-6-2-3-13-15-7-8-16-13/h4-5,7-9,17H,2-3,6H2,1H3,(H,15,16). The van der Waals surface area contributed by atoms with E-state index in [4.69, 9.17) is 4.74 Å². The highest BCUT2D eigenvalue weighted by Crippen LogP contribution is 2.27. The molecule has 0 atom stereocenters. The van der Waals surface area contributed by atoms with Crippen molar-refractivity contribution in [2.75, 3.05) is 13.7 Å². The number of nitrogens with zero attached hydrogens (tertiary/aromatic N) is 1. The predicted molar refractivity (Wildman–Crippen MR) is 82.8 cm³/mol. The zero-order valence-corrected chi connectivity index (χ0v) is 13.9. The minimum atomic E-state index is -3.51. The number of aromatic nitrogens is 2. The molecule has 21 heavy (non-hydrogen) atoms. The number of benzene rings is 1. The Balaban J connectivity index is 1.93. The number of aryl methyl sites for hydroxylation is 1. The fraction of sp³-hybridized carbons (Fsp3) is 0.308. The summed E-state index contributed by atoms with van der Waals surface area (Å²) in [6.07, 6.45) is 4.79. The van der Waals surface area contributed by atoms with Gasteiger partial charge in [0.05, 0.1) is 16.5 Å². The van der Waals surface area contributed by atoms with E-state index in [0.717, 1.165) is 5.82 Å². The van der Waals surface area contributed by atoms with Crippen LogP contribution in [0.2, 0.25) is 0 Å². The maximum atomic E-state index is 12.1. The molecule has 0 bridgehead atoms. The van der Waals surface area contributed by atoms with Gasteiger partial charge in [0.1, 0.15) is 11.6 Å². The van der Waals surface area contributed by atoms with Crippen LogP contribution in [0.15, 0.2) is 40.0 Å². The first kappa shape index (κ1) is 16.0. The molecule has 1 heterocycles. The van der Waals surface area contributed by atoms with Gasteiger partial charge in [-0.25, -0.2) is 18.1 Å². The number of nitrogens with one attached hydrogen (secondary N) is 2. The number of rotatable bonds is 7. The summed E-state index contributed by atoms with van der Waals surface area (Å²) >= 11 is 3.28. The average molecular weight is 374 g/mol. The Morgan fingerprint density at radius 1 is 1.43 bits per heavy atom. The fourth-order valence-corrected chi connectivity index (χ4v) is 3.59. The topological polar surface area (TPSA) is 84.1 Å². The fourth-order valence-electron chi connectivity index (χ4n) is 1.79. The number of hydrogen-bond acceptors (Lipinski definition) is 4. The van der Waals surface area contributed by atoms with E-state index in [-0.39, 0.29) is 4.90 Å². The Morgan fingerprint density at radius 3 is 2.86 bits per heavy atom. The Kier molecular flexibility index (Phi) is 5.38. The van der Waals surface area contributed by atoms with Crippen LogP contribution < -0.4 is 9.46 Å². The quantitative estimate of drug-likeness (QED) is 0.727. The molecule has 0 aliphatic carbocycles. The lowest BCUT2D eigenvalue weighted by Crippen LogP contribution is -2.25. The summed E-state index contributed by atoms with van der Waals surface area (Å²) in [6, 6.07) is 4.65.